The summed E-state index contributed by atoms with van der Waals surface area (Å²) in [4.78, 5) is 17.4. The molecule has 4 rings (SSSR count). The zero-order chi connectivity index (χ0) is 17.6. The summed E-state index contributed by atoms with van der Waals surface area (Å²) in [5.74, 6) is 2.10. The van der Waals surface area contributed by atoms with E-state index in [2.05, 4.69) is 10.3 Å². The van der Waals surface area contributed by atoms with Crippen LogP contribution in [0.3, 0.4) is 0 Å². The van der Waals surface area contributed by atoms with Crippen molar-refractivity contribution in [3.63, 3.8) is 0 Å². The Morgan fingerprint density at radius 3 is 2.76 bits per heavy atom. The van der Waals surface area contributed by atoms with E-state index in [1.54, 1.807) is 13.3 Å². The van der Waals surface area contributed by atoms with Gasteiger partial charge in [-0.2, -0.15) is 0 Å². The van der Waals surface area contributed by atoms with Crippen LogP contribution in [0.15, 0.2) is 36.7 Å². The quantitative estimate of drug-likeness (QED) is 0.778. The molecule has 6 nitrogen and oxygen atoms in total. The third kappa shape index (κ3) is 2.77. The van der Waals surface area contributed by atoms with Gasteiger partial charge in [0.1, 0.15) is 17.3 Å². The van der Waals surface area contributed by atoms with Gasteiger partial charge in [-0.15, -0.1) is 0 Å². The highest BCUT2D eigenvalue weighted by Crippen LogP contribution is 2.40. The van der Waals surface area contributed by atoms with Gasteiger partial charge in [-0.05, 0) is 43.0 Å². The molecule has 6 heteroatoms. The number of ether oxygens (including phenoxy) is 1. The summed E-state index contributed by atoms with van der Waals surface area (Å²) in [6, 6.07) is 7.70. The van der Waals surface area contributed by atoms with Gasteiger partial charge in [0.15, 0.2) is 0 Å². The van der Waals surface area contributed by atoms with E-state index in [1.807, 2.05) is 53.7 Å². The van der Waals surface area contributed by atoms with E-state index in [-0.39, 0.29) is 11.9 Å². The first-order chi connectivity index (χ1) is 12.1. The van der Waals surface area contributed by atoms with Crippen molar-refractivity contribution in [2.75, 3.05) is 7.11 Å². The predicted molar refractivity (Wildman–Crippen MR) is 95.6 cm³/mol. The lowest BCUT2D eigenvalue weighted by atomic mass is 10.1. The number of nitrogens with one attached hydrogen (secondary N) is 1. The Morgan fingerprint density at radius 1 is 1.32 bits per heavy atom. The van der Waals surface area contributed by atoms with E-state index in [0.717, 1.165) is 35.3 Å². The minimum Gasteiger partial charge on any atom is -0.497 e. The molecule has 1 amide bonds. The van der Waals surface area contributed by atoms with Crippen LogP contribution in [0.4, 0.5) is 0 Å². The molecular weight excluding hydrogens is 316 g/mol. The number of fused-ring (bicyclic) bond motifs is 1. The fourth-order valence-electron chi connectivity index (χ4n) is 3.39. The Kier molecular flexibility index (Phi) is 3.75. The lowest BCUT2D eigenvalue weighted by molar-refractivity contribution is 0.0921. The molecule has 1 aliphatic carbocycles. The normalized spacial score (nSPS) is 15.3. The maximum Gasteiger partial charge on any atom is 0.268 e. The number of amides is 1. The van der Waals surface area contributed by atoms with E-state index < -0.39 is 0 Å². The molecule has 0 saturated heterocycles. The summed E-state index contributed by atoms with van der Waals surface area (Å²) in [7, 11) is 5.52. The highest BCUT2D eigenvalue weighted by atomic mass is 16.5. The van der Waals surface area contributed by atoms with Crippen LogP contribution >= 0.6 is 0 Å². The Morgan fingerprint density at radius 2 is 2.12 bits per heavy atom. The molecule has 2 aromatic heterocycles. The number of aromatic nitrogens is 3. The van der Waals surface area contributed by atoms with Gasteiger partial charge in [0.25, 0.3) is 5.91 Å². The first-order valence-electron chi connectivity index (χ1n) is 8.50. The molecule has 0 unspecified atom stereocenters. The fraction of sp³-hybridized carbons (Fsp3) is 0.368. The topological polar surface area (TPSA) is 61.1 Å². The maximum absolute atomic E-state index is 12.9. The zero-order valence-electron chi connectivity index (χ0n) is 14.7. The summed E-state index contributed by atoms with van der Waals surface area (Å²) in [6.45, 7) is 0. The summed E-state index contributed by atoms with van der Waals surface area (Å²) < 4.78 is 9.18. The first kappa shape index (κ1) is 15.7. The van der Waals surface area contributed by atoms with E-state index in [4.69, 9.17) is 4.74 Å². The molecule has 1 aliphatic rings. The largest absolute Gasteiger partial charge is 0.497 e. The Bertz CT molecular complexity index is 936. The summed E-state index contributed by atoms with van der Waals surface area (Å²) in [5, 5.41) is 4.19. The van der Waals surface area contributed by atoms with E-state index >= 15 is 0 Å². The average Bonchev–Trinajstić information content (AvgIpc) is 3.29. The maximum atomic E-state index is 12.9. The number of nitrogens with zero attached hydrogens (tertiary/aromatic N) is 3. The molecule has 0 bridgehead atoms. The van der Waals surface area contributed by atoms with Crippen molar-refractivity contribution < 1.29 is 9.53 Å². The van der Waals surface area contributed by atoms with Crippen LogP contribution in [-0.2, 0) is 14.1 Å². The molecule has 130 valence electrons. The van der Waals surface area contributed by atoms with Crippen LogP contribution in [0, 0.1) is 5.92 Å². The van der Waals surface area contributed by atoms with Gasteiger partial charge in [-0.3, -0.25) is 4.79 Å². The molecule has 1 N–H and O–H groups in total. The number of carbonyl (C=O) groups excluding carboxylic acids is 1. The van der Waals surface area contributed by atoms with Crippen molar-refractivity contribution in [1.82, 2.24) is 19.4 Å². The molecule has 0 spiro atoms. The van der Waals surface area contributed by atoms with Gasteiger partial charge in [0, 0.05) is 37.4 Å². The number of benzene rings is 1. The lowest BCUT2D eigenvalue weighted by Gasteiger charge is -2.18. The van der Waals surface area contributed by atoms with Gasteiger partial charge in [0.05, 0.1) is 13.2 Å². The number of methoxy groups -OCH3 is 1. The van der Waals surface area contributed by atoms with Gasteiger partial charge in [0.2, 0.25) is 0 Å². The van der Waals surface area contributed by atoms with Crippen LogP contribution in [0.2, 0.25) is 0 Å². The van der Waals surface area contributed by atoms with Gasteiger partial charge < -0.3 is 19.2 Å². The number of rotatable bonds is 5. The van der Waals surface area contributed by atoms with Crippen molar-refractivity contribution >= 4 is 16.8 Å². The number of hydrogen-bond donors (Lipinski definition) is 1. The Balaban J connectivity index is 1.65. The number of aryl methyl sites for hydroxylation is 2. The van der Waals surface area contributed by atoms with Crippen LogP contribution in [-0.4, -0.2) is 27.1 Å². The van der Waals surface area contributed by atoms with Crippen LogP contribution < -0.4 is 10.1 Å². The SMILES string of the molecule is COc1ccc2c(c1)cc(C(=O)N[C@H](c1nccn1C)C1CC1)n2C. The van der Waals surface area contributed by atoms with Crippen molar-refractivity contribution in [3.8, 4) is 5.75 Å². The fourth-order valence-corrected chi connectivity index (χ4v) is 3.39. The minimum atomic E-state index is -0.0717. The zero-order valence-corrected chi connectivity index (χ0v) is 14.7. The summed E-state index contributed by atoms with van der Waals surface area (Å²) in [6.07, 6.45) is 5.95. The molecule has 1 saturated carbocycles. The van der Waals surface area contributed by atoms with Crippen LogP contribution in [0.1, 0.15) is 35.2 Å². The Labute approximate surface area is 146 Å². The number of imidazole rings is 1. The molecule has 1 aromatic carbocycles. The predicted octanol–water partition coefficient (Wildman–Crippen LogP) is 2.80. The van der Waals surface area contributed by atoms with Gasteiger partial charge in [-0.25, -0.2) is 4.98 Å². The van der Waals surface area contributed by atoms with Gasteiger partial charge in [-0.1, -0.05) is 0 Å². The van der Waals surface area contributed by atoms with Crippen molar-refractivity contribution in [3.05, 3.63) is 48.2 Å². The second-order valence-corrected chi connectivity index (χ2v) is 6.70. The average molecular weight is 338 g/mol. The van der Waals surface area contributed by atoms with Crippen molar-refractivity contribution in [2.24, 2.45) is 20.0 Å². The second kappa shape index (κ2) is 5.95. The summed E-state index contributed by atoms with van der Waals surface area (Å²) >= 11 is 0. The van der Waals surface area contributed by atoms with Crippen molar-refractivity contribution in [1.29, 1.82) is 0 Å². The summed E-state index contributed by atoms with van der Waals surface area (Å²) in [5.41, 5.74) is 1.65. The standard InChI is InChI=1S/C19H22N4O2/c1-22-9-8-20-18(22)17(12-4-5-12)21-19(24)16-11-13-10-14(25-3)6-7-15(13)23(16)2/h6-12,17H,4-5H2,1-3H3,(H,21,24)/t17-/m0/s1. The first-order valence-corrected chi connectivity index (χ1v) is 8.50. The second-order valence-electron chi connectivity index (χ2n) is 6.70. The Hall–Kier alpha value is -2.76. The highest BCUT2D eigenvalue weighted by Gasteiger charge is 2.36. The third-order valence-corrected chi connectivity index (χ3v) is 5.00. The number of hydrogen-bond acceptors (Lipinski definition) is 3. The molecule has 0 radical (unpaired) electrons. The van der Waals surface area contributed by atoms with Crippen LogP contribution in [0.5, 0.6) is 5.75 Å². The molecular formula is C19H22N4O2. The molecule has 0 aliphatic heterocycles. The molecule has 1 fully saturated rings. The molecule has 2 heterocycles. The monoisotopic (exact) mass is 338 g/mol. The minimum absolute atomic E-state index is 0.0416. The van der Waals surface area contributed by atoms with Crippen LogP contribution in [0.25, 0.3) is 10.9 Å². The molecule has 1 atom stereocenters. The third-order valence-electron chi connectivity index (χ3n) is 5.00. The van der Waals surface area contributed by atoms with Gasteiger partial charge >= 0.3 is 0 Å². The molecule has 25 heavy (non-hydrogen) atoms. The van der Waals surface area contributed by atoms with E-state index in [0.29, 0.717) is 11.6 Å². The highest BCUT2D eigenvalue weighted by molar-refractivity contribution is 5.99. The number of carbonyl (C=O) groups is 1. The lowest BCUT2D eigenvalue weighted by Crippen LogP contribution is -2.32. The van der Waals surface area contributed by atoms with Crippen molar-refractivity contribution in [2.45, 2.75) is 18.9 Å². The van der Waals surface area contributed by atoms with E-state index in [1.165, 1.54) is 0 Å². The smallest absolute Gasteiger partial charge is 0.268 e. The van der Waals surface area contributed by atoms with E-state index in [9.17, 15) is 4.79 Å². The molecule has 3 aromatic rings.